The van der Waals surface area contributed by atoms with E-state index in [1.807, 2.05) is 6.92 Å². The second-order valence-electron chi connectivity index (χ2n) is 5.55. The lowest BCUT2D eigenvalue weighted by Crippen LogP contribution is -2.37. The first kappa shape index (κ1) is 20.1. The maximum atomic E-state index is 14.4. The summed E-state index contributed by atoms with van der Waals surface area (Å²) in [6.45, 7) is 4.11. The van der Waals surface area contributed by atoms with E-state index in [0.717, 1.165) is 0 Å². The van der Waals surface area contributed by atoms with Crippen LogP contribution in [0.4, 0.5) is 8.78 Å². The Morgan fingerprint density at radius 2 is 1.79 bits per heavy atom. The van der Waals surface area contributed by atoms with Crippen LogP contribution in [-0.4, -0.2) is 25.5 Å². The summed E-state index contributed by atoms with van der Waals surface area (Å²) >= 11 is 0. The zero-order valence-electron chi connectivity index (χ0n) is 13.8. The summed E-state index contributed by atoms with van der Waals surface area (Å²) in [5, 5.41) is 5.74. The molecule has 0 saturated carbocycles. The molecule has 1 atom stereocenters. The highest BCUT2D eigenvalue weighted by atomic mass is 35.5. The lowest BCUT2D eigenvalue weighted by Gasteiger charge is -2.12. The van der Waals surface area contributed by atoms with Crippen LogP contribution in [0.3, 0.4) is 0 Å². The molecule has 2 rings (SSSR count). The fourth-order valence-electron chi connectivity index (χ4n) is 2.25. The molecule has 0 aliphatic carbocycles. The maximum absolute atomic E-state index is 14.4. The summed E-state index contributed by atoms with van der Waals surface area (Å²) in [5.74, 6) is -1.19. The van der Waals surface area contributed by atoms with Gasteiger partial charge in [-0.15, -0.1) is 12.4 Å². The number of nitrogens with one attached hydrogen (secondary N) is 2. The highest BCUT2D eigenvalue weighted by Crippen LogP contribution is 2.27. The third kappa shape index (κ3) is 4.76. The molecule has 3 nitrogen and oxygen atoms in total. The number of likely N-dealkylation sites (N-methyl/N-ethyl adjacent to an activating group) is 1. The summed E-state index contributed by atoms with van der Waals surface area (Å²) in [7, 11) is 1.80. The Kier molecular flexibility index (Phi) is 7.32. The fourth-order valence-corrected chi connectivity index (χ4v) is 2.25. The number of benzene rings is 2. The van der Waals surface area contributed by atoms with Crippen molar-refractivity contribution in [3.63, 3.8) is 0 Å². The molecular formula is C18H21ClF2N2O. The van der Waals surface area contributed by atoms with Crippen LogP contribution in [0.15, 0.2) is 36.4 Å². The normalized spacial score (nSPS) is 11.5. The fraction of sp³-hybridized carbons (Fsp3) is 0.278. The van der Waals surface area contributed by atoms with Crippen molar-refractivity contribution >= 4 is 18.3 Å². The lowest BCUT2D eigenvalue weighted by molar-refractivity contribution is 0.0950. The molecule has 0 aromatic heterocycles. The summed E-state index contributed by atoms with van der Waals surface area (Å²) in [4.78, 5) is 12.0. The lowest BCUT2D eigenvalue weighted by atomic mass is 9.98. The smallest absolute Gasteiger partial charge is 0.251 e. The van der Waals surface area contributed by atoms with Gasteiger partial charge in [-0.1, -0.05) is 12.1 Å². The number of hydrogen-bond donors (Lipinski definition) is 2. The minimum absolute atomic E-state index is 0. The number of carbonyl (C=O) groups excluding carboxylic acids is 1. The van der Waals surface area contributed by atoms with Crippen LogP contribution >= 0.6 is 12.4 Å². The van der Waals surface area contributed by atoms with Crippen molar-refractivity contribution in [3.05, 3.63) is 59.2 Å². The molecule has 0 radical (unpaired) electrons. The van der Waals surface area contributed by atoms with Gasteiger partial charge in [0.1, 0.15) is 11.6 Å². The van der Waals surface area contributed by atoms with Gasteiger partial charge in [-0.05, 0) is 56.3 Å². The Bertz CT molecular complexity index is 722. The molecule has 1 unspecified atom stereocenters. The Labute approximate surface area is 146 Å². The molecule has 0 aliphatic heterocycles. The number of rotatable bonds is 5. The highest BCUT2D eigenvalue weighted by molar-refractivity contribution is 5.94. The molecule has 2 aromatic rings. The van der Waals surface area contributed by atoms with Crippen molar-refractivity contribution in [3.8, 4) is 11.1 Å². The summed E-state index contributed by atoms with van der Waals surface area (Å²) in [5.41, 5.74) is 1.86. The first-order chi connectivity index (χ1) is 10.9. The van der Waals surface area contributed by atoms with Crippen molar-refractivity contribution in [2.24, 2.45) is 0 Å². The molecule has 130 valence electrons. The zero-order valence-corrected chi connectivity index (χ0v) is 14.6. The first-order valence-corrected chi connectivity index (χ1v) is 7.44. The van der Waals surface area contributed by atoms with Crippen LogP contribution in [-0.2, 0) is 0 Å². The monoisotopic (exact) mass is 354 g/mol. The van der Waals surface area contributed by atoms with Gasteiger partial charge in [0, 0.05) is 23.7 Å². The molecule has 0 saturated heterocycles. The molecule has 2 aromatic carbocycles. The van der Waals surface area contributed by atoms with Crippen LogP contribution < -0.4 is 10.6 Å². The Morgan fingerprint density at radius 1 is 1.12 bits per heavy atom. The van der Waals surface area contributed by atoms with Gasteiger partial charge in [0.15, 0.2) is 0 Å². The number of hydrogen-bond acceptors (Lipinski definition) is 2. The van der Waals surface area contributed by atoms with Gasteiger partial charge in [-0.3, -0.25) is 4.79 Å². The zero-order chi connectivity index (χ0) is 17.0. The Morgan fingerprint density at radius 3 is 2.38 bits per heavy atom. The van der Waals surface area contributed by atoms with E-state index in [0.29, 0.717) is 23.2 Å². The van der Waals surface area contributed by atoms with Crippen molar-refractivity contribution in [1.82, 2.24) is 10.6 Å². The van der Waals surface area contributed by atoms with Gasteiger partial charge in [0.25, 0.3) is 5.91 Å². The third-order valence-electron chi connectivity index (χ3n) is 3.77. The summed E-state index contributed by atoms with van der Waals surface area (Å²) in [6, 6.07) is 8.64. The predicted molar refractivity (Wildman–Crippen MR) is 94.6 cm³/mol. The van der Waals surface area contributed by atoms with Crippen LogP contribution in [0.1, 0.15) is 22.8 Å². The summed E-state index contributed by atoms with van der Waals surface area (Å²) in [6.07, 6.45) is 0. The van der Waals surface area contributed by atoms with E-state index in [1.165, 1.54) is 24.3 Å². The van der Waals surface area contributed by atoms with E-state index >= 15 is 0 Å². The summed E-state index contributed by atoms with van der Waals surface area (Å²) < 4.78 is 27.5. The van der Waals surface area contributed by atoms with E-state index in [9.17, 15) is 13.6 Å². The number of amides is 1. The maximum Gasteiger partial charge on any atom is 0.251 e. The van der Waals surface area contributed by atoms with Crippen LogP contribution in [0.2, 0.25) is 0 Å². The van der Waals surface area contributed by atoms with Crippen molar-refractivity contribution < 1.29 is 13.6 Å². The molecule has 0 bridgehead atoms. The molecule has 0 fully saturated rings. The molecule has 6 heteroatoms. The topological polar surface area (TPSA) is 41.1 Å². The van der Waals surface area contributed by atoms with Crippen molar-refractivity contribution in [2.75, 3.05) is 13.6 Å². The van der Waals surface area contributed by atoms with Gasteiger partial charge in [0.05, 0.1) is 0 Å². The minimum atomic E-state index is -0.506. The first-order valence-electron chi connectivity index (χ1n) is 7.44. The van der Waals surface area contributed by atoms with E-state index in [4.69, 9.17) is 0 Å². The predicted octanol–water partition coefficient (Wildman–Crippen LogP) is 3.70. The largest absolute Gasteiger partial charge is 0.350 e. The minimum Gasteiger partial charge on any atom is -0.350 e. The van der Waals surface area contributed by atoms with E-state index in [2.05, 4.69) is 10.6 Å². The van der Waals surface area contributed by atoms with Crippen LogP contribution in [0.25, 0.3) is 11.1 Å². The average molecular weight is 355 g/mol. The Balaban J connectivity index is 0.00000288. The van der Waals surface area contributed by atoms with Gasteiger partial charge >= 0.3 is 0 Å². The molecule has 0 spiro atoms. The quantitative estimate of drug-likeness (QED) is 0.859. The van der Waals surface area contributed by atoms with E-state index in [1.54, 1.807) is 26.1 Å². The molecule has 24 heavy (non-hydrogen) atoms. The SMILES string of the molecule is CNC(C)CNC(=O)c1ccc(-c2ccc(F)cc2C)c(F)c1.Cl. The average Bonchev–Trinajstić information content (AvgIpc) is 2.52. The highest BCUT2D eigenvalue weighted by Gasteiger charge is 2.13. The molecule has 0 heterocycles. The number of halogens is 3. The second kappa shape index (κ2) is 8.76. The number of aryl methyl sites for hydroxylation is 1. The van der Waals surface area contributed by atoms with Crippen molar-refractivity contribution in [2.45, 2.75) is 19.9 Å². The molecule has 0 aliphatic rings. The van der Waals surface area contributed by atoms with E-state index in [-0.39, 0.29) is 35.7 Å². The van der Waals surface area contributed by atoms with Gasteiger partial charge < -0.3 is 10.6 Å². The number of carbonyl (C=O) groups is 1. The van der Waals surface area contributed by atoms with Crippen LogP contribution in [0.5, 0.6) is 0 Å². The van der Waals surface area contributed by atoms with Crippen LogP contribution in [0, 0.1) is 18.6 Å². The molecule has 1 amide bonds. The second-order valence-corrected chi connectivity index (χ2v) is 5.55. The van der Waals surface area contributed by atoms with Gasteiger partial charge in [-0.25, -0.2) is 8.78 Å². The Hall–Kier alpha value is -1.98. The van der Waals surface area contributed by atoms with Gasteiger partial charge in [0.2, 0.25) is 0 Å². The third-order valence-corrected chi connectivity index (χ3v) is 3.77. The molecular weight excluding hydrogens is 334 g/mol. The standard InChI is InChI=1S/C18H20F2N2O.ClH/c1-11-8-14(19)5-7-15(11)16-6-4-13(9-17(16)20)18(23)22-10-12(2)21-3;/h4-9,12,21H,10H2,1-3H3,(H,22,23);1H. The molecule has 2 N–H and O–H groups in total. The van der Waals surface area contributed by atoms with E-state index < -0.39 is 5.82 Å². The van der Waals surface area contributed by atoms with Crippen molar-refractivity contribution in [1.29, 1.82) is 0 Å². The van der Waals surface area contributed by atoms with Gasteiger partial charge in [-0.2, -0.15) is 0 Å².